The summed E-state index contributed by atoms with van der Waals surface area (Å²) in [5, 5.41) is 17.2. The zero-order valence-corrected chi connectivity index (χ0v) is 9.55. The molecular weight excluding hydrogens is 222 g/mol. The van der Waals surface area contributed by atoms with E-state index < -0.39 is 11.9 Å². The monoisotopic (exact) mass is 237 g/mol. The molecule has 0 bridgehead atoms. The Labute approximate surface area is 99.2 Å². The second-order valence-corrected chi connectivity index (χ2v) is 3.23. The first-order valence-corrected chi connectivity index (χ1v) is 4.92. The van der Waals surface area contributed by atoms with Gasteiger partial charge in [0.05, 0.1) is 12.5 Å². The van der Waals surface area contributed by atoms with E-state index in [9.17, 15) is 14.7 Å². The van der Waals surface area contributed by atoms with Gasteiger partial charge in [0.15, 0.2) is 0 Å². The molecule has 0 saturated carbocycles. The van der Waals surface area contributed by atoms with Gasteiger partial charge in [-0.15, -0.1) is 0 Å². The number of carbonyl (C=O) groups is 2. The molecule has 0 fully saturated rings. The average Bonchev–Trinajstić information content (AvgIpc) is 2.28. The first-order chi connectivity index (χ1) is 7.95. The van der Waals surface area contributed by atoms with Crippen molar-refractivity contribution in [3.63, 3.8) is 0 Å². The van der Waals surface area contributed by atoms with E-state index >= 15 is 0 Å². The van der Waals surface area contributed by atoms with Crippen LogP contribution in [0.3, 0.4) is 0 Å². The summed E-state index contributed by atoms with van der Waals surface area (Å²) in [5.41, 5.74) is 6.40. The number of aryl methyl sites for hydroxylation is 1. The number of carbonyl (C=O) groups excluding carboxylic acids is 1. The van der Waals surface area contributed by atoms with Gasteiger partial charge in [0.2, 0.25) is 0 Å². The van der Waals surface area contributed by atoms with E-state index in [4.69, 9.17) is 5.11 Å². The van der Waals surface area contributed by atoms with E-state index in [-0.39, 0.29) is 0 Å². The van der Waals surface area contributed by atoms with Crippen molar-refractivity contribution >= 4 is 11.9 Å². The van der Waals surface area contributed by atoms with Crippen LogP contribution in [0.15, 0.2) is 36.4 Å². The van der Waals surface area contributed by atoms with E-state index in [1.165, 1.54) is 11.1 Å². The zero-order chi connectivity index (χ0) is 13.3. The van der Waals surface area contributed by atoms with E-state index in [2.05, 4.69) is 36.9 Å². The third-order valence-corrected chi connectivity index (χ3v) is 1.77. The van der Waals surface area contributed by atoms with Crippen molar-refractivity contribution in [1.29, 1.82) is 0 Å². The molecule has 1 aromatic carbocycles. The molecule has 0 atom stereocenters. The van der Waals surface area contributed by atoms with Gasteiger partial charge in [0.1, 0.15) is 0 Å². The third-order valence-electron chi connectivity index (χ3n) is 1.77. The van der Waals surface area contributed by atoms with Crippen LogP contribution in [0.5, 0.6) is 0 Å². The maximum atomic E-state index is 9.53. The third kappa shape index (κ3) is 8.83. The summed E-state index contributed by atoms with van der Waals surface area (Å²) in [6.07, 6.45) is 0.942. The van der Waals surface area contributed by atoms with Crippen LogP contribution in [0.4, 0.5) is 0 Å². The summed E-state index contributed by atoms with van der Waals surface area (Å²) < 4.78 is 0. The molecule has 0 aliphatic carbocycles. The van der Waals surface area contributed by atoms with E-state index in [1.54, 1.807) is 0 Å². The predicted octanol–water partition coefficient (Wildman–Crippen LogP) is -0.886. The summed E-state index contributed by atoms with van der Waals surface area (Å²) in [6, 6.07) is 8.45. The smallest absolute Gasteiger partial charge is 0.328 e. The minimum atomic E-state index is -1.51. The van der Waals surface area contributed by atoms with Gasteiger partial charge >= 0.3 is 5.97 Å². The van der Waals surface area contributed by atoms with Crippen molar-refractivity contribution in [2.24, 2.45) is 0 Å². The van der Waals surface area contributed by atoms with Crippen LogP contribution in [0, 0.1) is 6.92 Å². The fourth-order valence-corrected chi connectivity index (χ4v) is 0.894. The predicted molar refractivity (Wildman–Crippen MR) is 59.6 cm³/mol. The summed E-state index contributed by atoms with van der Waals surface area (Å²) in [5.74, 6) is -2.80. The number of carboxylic acid groups (broad SMARTS) is 2. The Bertz CT molecular complexity index is 379. The lowest BCUT2D eigenvalue weighted by Crippen LogP contribution is -2.47. The zero-order valence-electron chi connectivity index (χ0n) is 9.55. The Morgan fingerprint density at radius 3 is 2.12 bits per heavy atom. The van der Waals surface area contributed by atoms with Gasteiger partial charge in [-0.2, -0.15) is 0 Å². The Hall–Kier alpha value is -2.14. The molecule has 0 heterocycles. The van der Waals surface area contributed by atoms with Crippen LogP contribution >= 0.6 is 0 Å². The minimum Gasteiger partial charge on any atom is -0.545 e. The van der Waals surface area contributed by atoms with Gasteiger partial charge < -0.3 is 20.7 Å². The van der Waals surface area contributed by atoms with Crippen LogP contribution < -0.4 is 10.8 Å². The fourth-order valence-electron chi connectivity index (χ4n) is 0.894. The van der Waals surface area contributed by atoms with Gasteiger partial charge in [0, 0.05) is 11.6 Å². The lowest BCUT2D eigenvalue weighted by molar-refractivity contribution is -0.386. The Balaban J connectivity index is 0.000000304. The van der Waals surface area contributed by atoms with Crippen LogP contribution in [0.1, 0.15) is 11.1 Å². The molecule has 0 amide bonds. The normalized spacial score (nSPS) is 9.53. The SMILES string of the molecule is Cc1ccc(C[NH3+])cc1.O=C([O-])/C=C\C(=O)O. The highest BCUT2D eigenvalue weighted by atomic mass is 16.4. The molecule has 0 aliphatic heterocycles. The van der Waals surface area contributed by atoms with Gasteiger partial charge in [0.25, 0.3) is 0 Å². The Morgan fingerprint density at radius 1 is 1.29 bits per heavy atom. The molecule has 92 valence electrons. The summed E-state index contributed by atoms with van der Waals surface area (Å²) in [7, 11) is 0. The van der Waals surface area contributed by atoms with Gasteiger partial charge in [-0.05, 0) is 13.0 Å². The van der Waals surface area contributed by atoms with Crippen molar-refractivity contribution < 1.29 is 25.5 Å². The molecule has 0 spiro atoms. The maximum absolute atomic E-state index is 9.53. The standard InChI is InChI=1S/C8H11N.C4H4O4/c1-7-2-4-8(6-9)5-3-7;5-3(6)1-2-4(7)8/h2-5H,6,9H2,1H3;1-2H,(H,5,6)(H,7,8)/b;2-1-. The van der Waals surface area contributed by atoms with Crippen molar-refractivity contribution in [3.8, 4) is 0 Å². The van der Waals surface area contributed by atoms with Gasteiger partial charge in [-0.3, -0.25) is 0 Å². The van der Waals surface area contributed by atoms with Crippen molar-refractivity contribution in [1.82, 2.24) is 0 Å². The molecule has 1 rings (SSSR count). The Morgan fingerprint density at radius 2 is 1.82 bits per heavy atom. The number of hydrogen-bond acceptors (Lipinski definition) is 3. The second kappa shape index (κ2) is 8.06. The number of rotatable bonds is 3. The molecule has 1 aromatic rings. The molecule has 0 saturated heterocycles. The number of quaternary nitrogens is 1. The number of aliphatic carboxylic acids is 2. The van der Waals surface area contributed by atoms with E-state index in [1.807, 2.05) is 0 Å². The van der Waals surface area contributed by atoms with E-state index in [0.29, 0.717) is 12.2 Å². The lowest BCUT2D eigenvalue weighted by atomic mass is 10.2. The van der Waals surface area contributed by atoms with Crippen molar-refractivity contribution in [2.75, 3.05) is 0 Å². The largest absolute Gasteiger partial charge is 0.545 e. The highest BCUT2D eigenvalue weighted by molar-refractivity contribution is 5.88. The lowest BCUT2D eigenvalue weighted by Gasteiger charge is -1.92. The van der Waals surface area contributed by atoms with Gasteiger partial charge in [-0.25, -0.2) is 4.79 Å². The van der Waals surface area contributed by atoms with E-state index in [0.717, 1.165) is 6.54 Å². The number of benzene rings is 1. The summed E-state index contributed by atoms with van der Waals surface area (Å²) in [6.45, 7) is 2.98. The number of hydrogen-bond donors (Lipinski definition) is 2. The summed E-state index contributed by atoms with van der Waals surface area (Å²) in [4.78, 5) is 19.0. The molecule has 5 heteroatoms. The maximum Gasteiger partial charge on any atom is 0.328 e. The summed E-state index contributed by atoms with van der Waals surface area (Å²) >= 11 is 0. The molecule has 4 N–H and O–H groups in total. The number of carboxylic acids is 2. The topological polar surface area (TPSA) is 105 Å². The van der Waals surface area contributed by atoms with Crippen LogP contribution in [-0.2, 0) is 16.1 Å². The minimum absolute atomic E-state index is 0.447. The first kappa shape index (κ1) is 14.9. The highest BCUT2D eigenvalue weighted by Gasteiger charge is 1.87. The second-order valence-electron chi connectivity index (χ2n) is 3.23. The molecule has 5 nitrogen and oxygen atoms in total. The fraction of sp³-hybridized carbons (Fsp3) is 0.167. The Kier molecular flexibility index (Phi) is 7.05. The van der Waals surface area contributed by atoms with Crippen LogP contribution in [0.25, 0.3) is 0 Å². The average molecular weight is 237 g/mol. The molecule has 17 heavy (non-hydrogen) atoms. The molecule has 0 aliphatic rings. The highest BCUT2D eigenvalue weighted by Crippen LogP contribution is 2.00. The molecular formula is C12H15NO4. The van der Waals surface area contributed by atoms with Gasteiger partial charge in [-0.1, -0.05) is 29.8 Å². The van der Waals surface area contributed by atoms with Crippen LogP contribution in [0.2, 0.25) is 0 Å². The quantitative estimate of drug-likeness (QED) is 0.665. The molecule has 0 radical (unpaired) electrons. The molecule has 0 aromatic heterocycles. The van der Waals surface area contributed by atoms with Crippen LogP contribution in [-0.4, -0.2) is 17.0 Å². The molecule has 0 unspecified atom stereocenters. The van der Waals surface area contributed by atoms with Crippen molar-refractivity contribution in [2.45, 2.75) is 13.5 Å². The first-order valence-electron chi connectivity index (χ1n) is 4.92. The van der Waals surface area contributed by atoms with Crippen molar-refractivity contribution in [3.05, 3.63) is 47.5 Å².